The highest BCUT2D eigenvalue weighted by Gasteiger charge is 2.22. The number of carbonyl (C=O) groups excluding carboxylic acids is 1. The Hall–Kier alpha value is -1.79. The normalized spacial score (nSPS) is 12.7. The zero-order valence-electron chi connectivity index (χ0n) is 15.0. The molecule has 130 valence electrons. The molecule has 24 heavy (non-hydrogen) atoms. The first-order chi connectivity index (χ1) is 11.3. The van der Waals surface area contributed by atoms with Crippen LogP contribution in [0.25, 0.3) is 10.6 Å². The molecule has 0 aliphatic rings. The van der Waals surface area contributed by atoms with Crippen LogP contribution in [0.5, 0.6) is 0 Å². The highest BCUT2D eigenvalue weighted by Crippen LogP contribution is 2.28. The molecule has 2 aromatic rings. The maximum atomic E-state index is 12.4. The van der Waals surface area contributed by atoms with Gasteiger partial charge in [-0.1, -0.05) is 27.7 Å². The van der Waals surface area contributed by atoms with Crippen molar-refractivity contribution in [3.63, 3.8) is 0 Å². The number of carbonyl (C=O) groups is 1. The van der Waals surface area contributed by atoms with E-state index in [9.17, 15) is 4.79 Å². The lowest BCUT2D eigenvalue weighted by molar-refractivity contribution is -0.119. The molecule has 2 heterocycles. The van der Waals surface area contributed by atoms with Gasteiger partial charge < -0.3 is 5.73 Å². The summed E-state index contributed by atoms with van der Waals surface area (Å²) in [6.07, 6.45) is 2.50. The third-order valence-corrected chi connectivity index (χ3v) is 4.71. The highest BCUT2D eigenvalue weighted by atomic mass is 32.1. The summed E-state index contributed by atoms with van der Waals surface area (Å²) in [7, 11) is 1.72. The van der Waals surface area contributed by atoms with Gasteiger partial charge in [0.15, 0.2) is 0 Å². The molecule has 0 saturated carbocycles. The summed E-state index contributed by atoms with van der Waals surface area (Å²) in [5.41, 5.74) is 8.01. The van der Waals surface area contributed by atoms with Gasteiger partial charge in [0.2, 0.25) is 5.91 Å². The van der Waals surface area contributed by atoms with Crippen LogP contribution in [0.1, 0.15) is 45.7 Å². The van der Waals surface area contributed by atoms with Gasteiger partial charge in [-0.05, 0) is 30.4 Å². The van der Waals surface area contributed by atoms with Gasteiger partial charge in [-0.15, -0.1) is 11.3 Å². The number of nitrogens with zero attached hydrogens (tertiary/aromatic N) is 3. The van der Waals surface area contributed by atoms with E-state index in [1.165, 1.54) is 11.3 Å². The molecule has 0 aliphatic heterocycles. The van der Waals surface area contributed by atoms with Crippen molar-refractivity contribution in [3.8, 4) is 10.6 Å². The predicted octanol–water partition coefficient (Wildman–Crippen LogP) is 3.66. The second kappa shape index (κ2) is 7.85. The molecule has 2 rings (SSSR count). The minimum Gasteiger partial charge on any atom is -0.320 e. The van der Waals surface area contributed by atoms with Crippen molar-refractivity contribution in [2.24, 2.45) is 11.7 Å². The summed E-state index contributed by atoms with van der Waals surface area (Å²) in [6.45, 7) is 8.35. The number of hydrogen-bond acceptors (Lipinski definition) is 5. The van der Waals surface area contributed by atoms with E-state index in [0.29, 0.717) is 24.1 Å². The van der Waals surface area contributed by atoms with Gasteiger partial charge in [-0.3, -0.25) is 14.7 Å². The number of amides is 1. The number of anilines is 1. The minimum absolute atomic E-state index is 0.103. The average molecular weight is 347 g/mol. The maximum Gasteiger partial charge on any atom is 0.244 e. The molecule has 1 amide bonds. The number of thiazole rings is 1. The quantitative estimate of drug-likeness (QED) is 0.866. The van der Waals surface area contributed by atoms with Crippen molar-refractivity contribution < 1.29 is 4.79 Å². The Labute approximate surface area is 147 Å². The summed E-state index contributed by atoms with van der Waals surface area (Å²) in [6, 6.07) is 3.55. The van der Waals surface area contributed by atoms with Gasteiger partial charge in [0, 0.05) is 29.9 Å². The topological polar surface area (TPSA) is 72.1 Å². The molecule has 0 saturated heterocycles. The van der Waals surface area contributed by atoms with Crippen LogP contribution in [0, 0.1) is 5.92 Å². The van der Waals surface area contributed by atoms with E-state index in [4.69, 9.17) is 5.73 Å². The fraction of sp³-hybridized carbons (Fsp3) is 0.500. The van der Waals surface area contributed by atoms with Gasteiger partial charge in [-0.2, -0.15) is 0 Å². The van der Waals surface area contributed by atoms with E-state index in [-0.39, 0.29) is 5.91 Å². The molecule has 0 bridgehead atoms. The van der Waals surface area contributed by atoms with E-state index in [1.807, 2.05) is 23.7 Å². The van der Waals surface area contributed by atoms with Crippen LogP contribution < -0.4 is 10.6 Å². The maximum absolute atomic E-state index is 12.4. The number of nitrogens with two attached hydrogens (primary N) is 1. The Bertz CT molecular complexity index is 679. The molecule has 0 radical (unpaired) electrons. The van der Waals surface area contributed by atoms with E-state index < -0.39 is 6.04 Å². The molecule has 6 heteroatoms. The van der Waals surface area contributed by atoms with Crippen molar-refractivity contribution in [1.82, 2.24) is 9.97 Å². The summed E-state index contributed by atoms with van der Waals surface area (Å²) in [4.78, 5) is 23.0. The lowest BCUT2D eigenvalue weighted by atomic mass is 10.0. The SMILES string of the molecule is CC(C)C[C@H](N)C(=O)N(C)c1csc(-c2ccc(C(C)C)nc2)n1. The van der Waals surface area contributed by atoms with E-state index in [0.717, 1.165) is 16.3 Å². The highest BCUT2D eigenvalue weighted by molar-refractivity contribution is 7.13. The molecule has 0 aromatic carbocycles. The Morgan fingerprint density at radius 3 is 2.54 bits per heavy atom. The summed E-state index contributed by atoms with van der Waals surface area (Å²) in [5.74, 6) is 1.31. The Kier molecular flexibility index (Phi) is 6.07. The smallest absolute Gasteiger partial charge is 0.244 e. The molecule has 2 N–H and O–H groups in total. The first-order valence-corrected chi connectivity index (χ1v) is 9.12. The lowest BCUT2D eigenvalue weighted by Gasteiger charge is -2.20. The molecular weight excluding hydrogens is 320 g/mol. The van der Waals surface area contributed by atoms with E-state index >= 15 is 0 Å². The number of aromatic nitrogens is 2. The van der Waals surface area contributed by atoms with Gasteiger partial charge in [-0.25, -0.2) is 4.98 Å². The fourth-order valence-corrected chi connectivity index (χ4v) is 3.23. The first kappa shape index (κ1) is 18.5. The summed E-state index contributed by atoms with van der Waals surface area (Å²) < 4.78 is 0. The molecule has 5 nitrogen and oxygen atoms in total. The van der Waals surface area contributed by atoms with Crippen LogP contribution in [0.4, 0.5) is 5.82 Å². The monoisotopic (exact) mass is 346 g/mol. The van der Waals surface area contributed by atoms with Crippen molar-refractivity contribution in [1.29, 1.82) is 0 Å². The zero-order valence-corrected chi connectivity index (χ0v) is 15.8. The van der Waals surface area contributed by atoms with E-state index in [1.54, 1.807) is 11.9 Å². The second-order valence-electron chi connectivity index (χ2n) is 6.77. The average Bonchev–Trinajstić information content (AvgIpc) is 3.02. The molecule has 0 unspecified atom stereocenters. The van der Waals surface area contributed by atoms with Crippen molar-refractivity contribution in [2.45, 2.75) is 46.1 Å². The van der Waals surface area contributed by atoms with Crippen LogP contribution >= 0.6 is 11.3 Å². The Morgan fingerprint density at radius 2 is 2.00 bits per heavy atom. The lowest BCUT2D eigenvalue weighted by Crippen LogP contribution is -2.42. The largest absolute Gasteiger partial charge is 0.320 e. The standard InChI is InChI=1S/C18H26N4OS/c1-11(2)8-14(19)18(23)22(5)16-10-24-17(21-16)13-6-7-15(12(3)4)20-9-13/h6-7,9-12,14H,8,19H2,1-5H3/t14-/m0/s1. The first-order valence-electron chi connectivity index (χ1n) is 8.24. The van der Waals surface area contributed by atoms with Crippen molar-refractivity contribution in [2.75, 3.05) is 11.9 Å². The molecular formula is C18H26N4OS. The van der Waals surface area contributed by atoms with Gasteiger partial charge in [0.25, 0.3) is 0 Å². The number of hydrogen-bond donors (Lipinski definition) is 1. The number of pyridine rings is 1. The van der Waals surface area contributed by atoms with Crippen LogP contribution in [0.2, 0.25) is 0 Å². The summed E-state index contributed by atoms with van der Waals surface area (Å²) in [5, 5.41) is 2.73. The van der Waals surface area contributed by atoms with Crippen molar-refractivity contribution in [3.05, 3.63) is 29.4 Å². The fourth-order valence-electron chi connectivity index (χ4n) is 2.40. The van der Waals surface area contributed by atoms with Crippen LogP contribution in [-0.2, 0) is 4.79 Å². The third kappa shape index (κ3) is 4.39. The van der Waals surface area contributed by atoms with E-state index in [2.05, 4.69) is 37.7 Å². The minimum atomic E-state index is -0.493. The second-order valence-corrected chi connectivity index (χ2v) is 7.63. The van der Waals surface area contributed by atoms with Gasteiger partial charge in [0.1, 0.15) is 10.8 Å². The number of rotatable bonds is 6. The van der Waals surface area contributed by atoms with Crippen LogP contribution in [0.15, 0.2) is 23.7 Å². The third-order valence-electron chi connectivity index (χ3n) is 3.83. The predicted molar refractivity (Wildman–Crippen MR) is 100 cm³/mol. The molecule has 0 fully saturated rings. The van der Waals surface area contributed by atoms with Gasteiger partial charge >= 0.3 is 0 Å². The Morgan fingerprint density at radius 1 is 1.29 bits per heavy atom. The number of likely N-dealkylation sites (N-methyl/N-ethyl adjacent to an activating group) is 1. The molecule has 0 spiro atoms. The molecule has 2 aromatic heterocycles. The van der Waals surface area contributed by atoms with Crippen molar-refractivity contribution >= 4 is 23.1 Å². The molecule has 1 atom stereocenters. The molecule has 0 aliphatic carbocycles. The van der Waals surface area contributed by atoms with Crippen LogP contribution in [0.3, 0.4) is 0 Å². The zero-order chi connectivity index (χ0) is 17.9. The Balaban J connectivity index is 2.13. The van der Waals surface area contributed by atoms with Gasteiger partial charge in [0.05, 0.1) is 6.04 Å². The summed E-state index contributed by atoms with van der Waals surface area (Å²) >= 11 is 1.50. The van der Waals surface area contributed by atoms with Crippen LogP contribution in [-0.4, -0.2) is 29.0 Å².